The quantitative estimate of drug-likeness (QED) is 0.693. The van der Waals surface area contributed by atoms with Crippen LogP contribution < -0.4 is 4.74 Å². The fourth-order valence-electron chi connectivity index (χ4n) is 3.53. The predicted molar refractivity (Wildman–Crippen MR) is 106 cm³/mol. The van der Waals surface area contributed by atoms with Gasteiger partial charge in [0.1, 0.15) is 18.2 Å². The molecule has 0 bridgehead atoms. The Kier molecular flexibility index (Phi) is 5.25. The summed E-state index contributed by atoms with van der Waals surface area (Å²) in [6.45, 7) is 0.0260. The van der Waals surface area contributed by atoms with Gasteiger partial charge < -0.3 is 14.7 Å². The van der Waals surface area contributed by atoms with Gasteiger partial charge in [-0.1, -0.05) is 29.8 Å². The van der Waals surface area contributed by atoms with E-state index in [1.54, 1.807) is 48.1 Å². The number of halogens is 2. The highest BCUT2D eigenvalue weighted by atomic mass is 35.5. The fourth-order valence-corrected chi connectivity index (χ4v) is 3.70. The number of aliphatic hydroxyl groups is 1. The average Bonchev–Trinajstić information content (AvgIpc) is 3.05. The van der Waals surface area contributed by atoms with Crippen molar-refractivity contribution < 1.29 is 19.0 Å². The molecule has 0 radical (unpaired) electrons. The number of benzene rings is 2. The minimum absolute atomic E-state index is 0.0285. The van der Waals surface area contributed by atoms with Gasteiger partial charge in [-0.15, -0.1) is 0 Å². The molecule has 6 nitrogen and oxygen atoms in total. The summed E-state index contributed by atoms with van der Waals surface area (Å²) in [4.78, 5) is 14.6. The summed E-state index contributed by atoms with van der Waals surface area (Å²) in [5, 5.41) is 14.4. The minimum Gasteiger partial charge on any atom is -0.488 e. The summed E-state index contributed by atoms with van der Waals surface area (Å²) in [6, 6.07) is 11.5. The number of hydrogen-bond acceptors (Lipinski definition) is 4. The molecule has 1 aliphatic rings. The Hall–Kier alpha value is -2.90. The Morgan fingerprint density at radius 1 is 1.34 bits per heavy atom. The summed E-state index contributed by atoms with van der Waals surface area (Å²) < 4.78 is 21.5. The van der Waals surface area contributed by atoms with Gasteiger partial charge in [-0.25, -0.2) is 4.39 Å². The van der Waals surface area contributed by atoms with Crippen LogP contribution in [0.2, 0.25) is 5.02 Å². The number of carbonyl (C=O) groups excluding carboxylic acids is 1. The number of ether oxygens (including phenoxy) is 1. The lowest BCUT2D eigenvalue weighted by Gasteiger charge is -2.23. The third-order valence-electron chi connectivity index (χ3n) is 4.89. The fraction of sp³-hybridized carbons (Fsp3) is 0.238. The molecular weight excluding hydrogens is 397 g/mol. The summed E-state index contributed by atoms with van der Waals surface area (Å²) in [6.07, 6.45) is 0. The summed E-state index contributed by atoms with van der Waals surface area (Å²) in [7, 11) is 1.75. The molecule has 0 saturated carbocycles. The van der Waals surface area contributed by atoms with Crippen molar-refractivity contribution in [2.75, 3.05) is 13.2 Å². The first-order chi connectivity index (χ1) is 14.0. The zero-order valence-corrected chi connectivity index (χ0v) is 16.5. The maximum absolute atomic E-state index is 14.1. The highest BCUT2D eigenvalue weighted by Crippen LogP contribution is 2.40. The van der Waals surface area contributed by atoms with Gasteiger partial charge in [0.05, 0.1) is 12.3 Å². The minimum atomic E-state index is -0.404. The van der Waals surface area contributed by atoms with Gasteiger partial charge in [0.15, 0.2) is 5.69 Å². The van der Waals surface area contributed by atoms with Gasteiger partial charge in [0.25, 0.3) is 5.91 Å². The first-order valence-electron chi connectivity index (χ1n) is 9.11. The second-order valence-corrected chi connectivity index (χ2v) is 7.21. The van der Waals surface area contributed by atoms with Crippen molar-refractivity contribution in [1.82, 2.24) is 14.7 Å². The van der Waals surface area contributed by atoms with E-state index in [4.69, 9.17) is 16.3 Å². The van der Waals surface area contributed by atoms with Gasteiger partial charge >= 0.3 is 0 Å². The van der Waals surface area contributed by atoms with Crippen LogP contribution in [0.3, 0.4) is 0 Å². The molecule has 0 fully saturated rings. The lowest BCUT2D eigenvalue weighted by Crippen LogP contribution is -2.34. The lowest BCUT2D eigenvalue weighted by atomic mass is 10.0. The molecule has 3 aromatic rings. The molecule has 1 aromatic heterocycles. The lowest BCUT2D eigenvalue weighted by molar-refractivity contribution is 0.0696. The van der Waals surface area contributed by atoms with Crippen LogP contribution in [0.25, 0.3) is 11.3 Å². The van der Waals surface area contributed by atoms with Crippen LogP contribution in [0, 0.1) is 5.82 Å². The first-order valence-corrected chi connectivity index (χ1v) is 9.49. The maximum Gasteiger partial charge on any atom is 0.275 e. The topological polar surface area (TPSA) is 67.6 Å². The number of fused-ring (bicyclic) bond motifs is 3. The first kappa shape index (κ1) is 19.4. The van der Waals surface area contributed by atoms with E-state index in [0.29, 0.717) is 21.9 Å². The van der Waals surface area contributed by atoms with Gasteiger partial charge in [-0.05, 0) is 24.3 Å². The van der Waals surface area contributed by atoms with E-state index in [1.807, 2.05) is 0 Å². The molecule has 150 valence electrons. The standard InChI is InChI=1S/C21H19ClFN3O3/c1-25-20-15-10-14(22)6-7-18(15)29-12-16(20)19(24-25)21(28)26(8-9-27)11-13-4-2-3-5-17(13)23/h2-7,10,27H,8-9,11-12H2,1H3. The van der Waals surface area contributed by atoms with Gasteiger partial charge in [-0.2, -0.15) is 5.10 Å². The zero-order chi connectivity index (χ0) is 20.5. The molecular formula is C21H19ClFN3O3. The van der Waals surface area contributed by atoms with Crippen LogP contribution in [0.4, 0.5) is 4.39 Å². The van der Waals surface area contributed by atoms with Gasteiger partial charge in [-0.3, -0.25) is 9.48 Å². The average molecular weight is 416 g/mol. The number of aliphatic hydroxyl groups excluding tert-OH is 1. The van der Waals surface area contributed by atoms with E-state index in [0.717, 1.165) is 11.3 Å². The van der Waals surface area contributed by atoms with Gasteiger partial charge in [0.2, 0.25) is 0 Å². The second-order valence-electron chi connectivity index (χ2n) is 6.77. The van der Waals surface area contributed by atoms with E-state index in [1.165, 1.54) is 11.0 Å². The largest absolute Gasteiger partial charge is 0.488 e. The smallest absolute Gasteiger partial charge is 0.275 e. The zero-order valence-electron chi connectivity index (χ0n) is 15.7. The molecule has 2 aromatic carbocycles. The van der Waals surface area contributed by atoms with E-state index >= 15 is 0 Å². The highest BCUT2D eigenvalue weighted by Gasteiger charge is 2.31. The highest BCUT2D eigenvalue weighted by molar-refractivity contribution is 6.31. The van der Waals surface area contributed by atoms with Crippen LogP contribution in [-0.4, -0.2) is 38.8 Å². The molecule has 0 spiro atoms. The monoisotopic (exact) mass is 415 g/mol. The summed E-state index contributed by atoms with van der Waals surface area (Å²) in [5.41, 5.74) is 2.75. The van der Waals surface area contributed by atoms with Crippen molar-refractivity contribution in [2.45, 2.75) is 13.2 Å². The number of amides is 1. The maximum atomic E-state index is 14.1. The molecule has 0 saturated heterocycles. The molecule has 1 amide bonds. The Labute approximate surface area is 172 Å². The Morgan fingerprint density at radius 3 is 2.90 bits per heavy atom. The van der Waals surface area contributed by atoms with E-state index in [2.05, 4.69) is 5.10 Å². The molecule has 1 N–H and O–H groups in total. The number of nitrogens with zero attached hydrogens (tertiary/aromatic N) is 3. The molecule has 2 heterocycles. The van der Waals surface area contributed by atoms with Crippen molar-refractivity contribution in [2.24, 2.45) is 7.05 Å². The third kappa shape index (κ3) is 3.59. The van der Waals surface area contributed by atoms with Gasteiger partial charge in [0, 0.05) is 41.9 Å². The van der Waals surface area contributed by atoms with Crippen LogP contribution in [-0.2, 0) is 20.2 Å². The molecule has 4 rings (SSSR count). The van der Waals surface area contributed by atoms with Crippen LogP contribution in [0.1, 0.15) is 21.6 Å². The molecule has 1 aliphatic heterocycles. The SMILES string of the molecule is Cn1nc(C(=O)N(CCO)Cc2ccccc2F)c2c1-c1cc(Cl)ccc1OC2. The summed E-state index contributed by atoms with van der Waals surface area (Å²) >= 11 is 6.14. The van der Waals surface area contributed by atoms with E-state index in [9.17, 15) is 14.3 Å². The third-order valence-corrected chi connectivity index (χ3v) is 5.13. The summed E-state index contributed by atoms with van der Waals surface area (Å²) in [5.74, 6) is -0.131. The number of carbonyl (C=O) groups is 1. The van der Waals surface area contributed by atoms with Crippen molar-refractivity contribution in [3.63, 3.8) is 0 Å². The molecule has 0 aliphatic carbocycles. The van der Waals surface area contributed by atoms with E-state index in [-0.39, 0.29) is 32.0 Å². The normalized spacial score (nSPS) is 12.1. The second kappa shape index (κ2) is 7.85. The predicted octanol–water partition coefficient (Wildman–Crippen LogP) is 3.41. The number of hydrogen-bond donors (Lipinski definition) is 1. The van der Waals surface area contributed by atoms with Crippen molar-refractivity contribution in [1.29, 1.82) is 0 Å². The van der Waals surface area contributed by atoms with Crippen molar-refractivity contribution in [3.05, 3.63) is 70.1 Å². The Balaban J connectivity index is 1.72. The van der Waals surface area contributed by atoms with Crippen LogP contribution in [0.5, 0.6) is 5.75 Å². The Bertz CT molecular complexity index is 1080. The van der Waals surface area contributed by atoms with Crippen molar-refractivity contribution >= 4 is 17.5 Å². The Morgan fingerprint density at radius 2 is 2.14 bits per heavy atom. The van der Waals surface area contributed by atoms with Crippen molar-refractivity contribution in [3.8, 4) is 17.0 Å². The number of aromatic nitrogens is 2. The molecule has 0 unspecified atom stereocenters. The molecule has 0 atom stereocenters. The van der Waals surface area contributed by atoms with Crippen LogP contribution >= 0.6 is 11.6 Å². The van der Waals surface area contributed by atoms with Crippen LogP contribution in [0.15, 0.2) is 42.5 Å². The van der Waals surface area contributed by atoms with E-state index < -0.39 is 11.7 Å². The number of aryl methyl sites for hydroxylation is 1. The number of rotatable bonds is 5. The molecule has 8 heteroatoms. The molecule has 29 heavy (non-hydrogen) atoms.